The van der Waals surface area contributed by atoms with Gasteiger partial charge in [-0.3, -0.25) is 19.2 Å². The maximum Gasteiger partial charge on any atom is 0.305 e. The Morgan fingerprint density at radius 1 is 1.03 bits per heavy atom. The van der Waals surface area contributed by atoms with Crippen LogP contribution in [0.25, 0.3) is 10.4 Å². The Labute approximate surface area is 369 Å². The number of likely N-dealkylation sites (tertiary alicyclic amines) is 1. The number of ether oxygens (including phenoxy) is 4. The van der Waals surface area contributed by atoms with Gasteiger partial charge < -0.3 is 39.6 Å². The first-order valence-corrected chi connectivity index (χ1v) is 23.4. The fraction of sp³-hybridized carbons (Fsp3) is 0.717. The summed E-state index contributed by atoms with van der Waals surface area (Å²) in [5.41, 5.74) is 3.42. The van der Waals surface area contributed by atoms with Gasteiger partial charge in [0.2, 0.25) is 23.5 Å². The third-order valence-corrected chi connectivity index (χ3v) is 14.8. The summed E-state index contributed by atoms with van der Waals surface area (Å²) in [7, 11) is 0. The Hall–Kier alpha value is -3.51. The minimum Gasteiger partial charge on any atom is -0.466 e. The minimum atomic E-state index is -0.944. The van der Waals surface area contributed by atoms with Gasteiger partial charge in [0.25, 0.3) is 0 Å². The van der Waals surface area contributed by atoms with E-state index in [4.69, 9.17) is 28.7 Å². The maximum absolute atomic E-state index is 14.0. The number of carbonyl (C=O) groups excluding carboxylic acids is 4. The highest BCUT2D eigenvalue weighted by molar-refractivity contribution is 7.13. The van der Waals surface area contributed by atoms with E-state index in [0.717, 1.165) is 47.4 Å². The smallest absolute Gasteiger partial charge is 0.305 e. The number of fused-ring (bicyclic) bond motifs is 2. The lowest BCUT2D eigenvalue weighted by Gasteiger charge is -2.60. The van der Waals surface area contributed by atoms with E-state index in [0.29, 0.717) is 24.7 Å². The molecule has 5 aliphatic heterocycles. The highest BCUT2D eigenvalue weighted by Crippen LogP contribution is 2.60. The lowest BCUT2D eigenvalue weighted by Crippen LogP contribution is -2.70. The summed E-state index contributed by atoms with van der Waals surface area (Å²) in [5, 5.41) is 16.3. The van der Waals surface area contributed by atoms with Crippen molar-refractivity contribution in [3.05, 3.63) is 41.0 Å². The second kappa shape index (κ2) is 19.3. The van der Waals surface area contributed by atoms with Gasteiger partial charge in [-0.15, -0.1) is 11.3 Å². The number of thiazole rings is 1. The number of carbonyl (C=O) groups is 4. The Morgan fingerprint density at radius 3 is 2.53 bits per heavy atom. The van der Waals surface area contributed by atoms with Crippen molar-refractivity contribution >= 4 is 35.0 Å². The Balaban J connectivity index is 0.805. The molecule has 342 valence electrons. The average Bonchev–Trinajstić information content (AvgIpc) is 3.77. The molecule has 8 rings (SSSR count). The number of benzene rings is 1. The zero-order valence-corrected chi connectivity index (χ0v) is 38.1. The van der Waals surface area contributed by atoms with Crippen molar-refractivity contribution in [2.45, 2.75) is 155 Å². The number of nitrogens with one attached hydrogen (secondary N) is 2. The van der Waals surface area contributed by atoms with Crippen LogP contribution in [0, 0.1) is 36.0 Å². The number of amides is 3. The van der Waals surface area contributed by atoms with Crippen molar-refractivity contribution in [2.75, 3.05) is 26.4 Å². The Morgan fingerprint density at radius 2 is 1.81 bits per heavy atom. The first-order valence-electron chi connectivity index (χ1n) is 22.5. The van der Waals surface area contributed by atoms with Crippen LogP contribution in [0.3, 0.4) is 0 Å². The van der Waals surface area contributed by atoms with Crippen molar-refractivity contribution in [3.8, 4) is 10.4 Å². The summed E-state index contributed by atoms with van der Waals surface area (Å²) < 4.78 is 24.3. The molecule has 15 nitrogen and oxygen atoms in total. The van der Waals surface area contributed by atoms with Gasteiger partial charge in [-0.2, -0.15) is 0 Å². The van der Waals surface area contributed by atoms with Crippen molar-refractivity contribution in [2.24, 2.45) is 29.1 Å². The van der Waals surface area contributed by atoms with Gasteiger partial charge in [-0.1, -0.05) is 58.9 Å². The molecule has 1 aromatic heterocycles. The molecule has 16 heteroatoms. The molecule has 6 heterocycles. The van der Waals surface area contributed by atoms with Gasteiger partial charge in [-0.25, -0.2) is 14.8 Å². The van der Waals surface area contributed by atoms with Gasteiger partial charge >= 0.3 is 5.97 Å². The molecule has 0 radical (unpaired) electrons. The number of nitrogens with zero attached hydrogens (tertiary/aromatic N) is 2. The fourth-order valence-corrected chi connectivity index (χ4v) is 11.1. The van der Waals surface area contributed by atoms with Crippen LogP contribution in [-0.4, -0.2) is 107 Å². The zero-order chi connectivity index (χ0) is 44.4. The number of aliphatic hydroxyl groups is 1. The van der Waals surface area contributed by atoms with Crippen LogP contribution in [-0.2, 0) is 54.4 Å². The number of hydrogen-bond donors (Lipinski definition) is 3. The number of β-amino-alcohol motifs (C(OH)–C–C–N with tert-alkyl or cyclic N) is 1. The third-order valence-electron chi connectivity index (χ3n) is 13.8. The van der Waals surface area contributed by atoms with Gasteiger partial charge in [0, 0.05) is 57.7 Å². The quantitative estimate of drug-likeness (QED) is 0.108. The average molecular weight is 883 g/mol. The summed E-state index contributed by atoms with van der Waals surface area (Å²) in [4.78, 5) is 72.1. The van der Waals surface area contributed by atoms with Crippen LogP contribution >= 0.6 is 11.3 Å². The normalized spacial score (nSPS) is 32.1. The predicted molar refractivity (Wildman–Crippen MR) is 229 cm³/mol. The molecule has 3 amide bonds. The van der Waals surface area contributed by atoms with Crippen LogP contribution in [0.15, 0.2) is 29.8 Å². The number of aromatic nitrogens is 1. The highest BCUT2D eigenvalue weighted by atomic mass is 32.1. The number of aryl methyl sites for hydroxylation is 1. The van der Waals surface area contributed by atoms with E-state index in [1.165, 1.54) is 4.90 Å². The number of hydrogen-bond acceptors (Lipinski definition) is 13. The number of rotatable bonds is 16. The number of aliphatic hydroxyl groups excluding tert-OH is 1. The molecule has 11 atom stereocenters. The second-order valence-corrected chi connectivity index (χ2v) is 20.2. The van der Waals surface area contributed by atoms with Crippen LogP contribution in [0.4, 0.5) is 0 Å². The van der Waals surface area contributed by atoms with Gasteiger partial charge in [0.1, 0.15) is 12.1 Å². The van der Waals surface area contributed by atoms with E-state index >= 15 is 0 Å². The topological polar surface area (TPSA) is 184 Å². The molecule has 1 aromatic carbocycles. The SMILES string of the molecule is Cc1ncsc1-c1ccc(CNC(=O)[C@@H]2C[C@@H](O)CN2C(=O)[C@@H](NC(=O)CCOCCCC(=O)OCC[C@H]2O[C@@H]3O[C@@]4(C)CC[C@H]5[C@H](C)CC[C@@H]([C@H]2C)[C@@]35OO4)C(C)(C)C)cc1. The molecule has 2 aromatic rings. The standard InChI is InChI=1S/C46H66N4O11S/c1-27-10-15-34-28(2)36(58-43-46(34)33(27)16-19-45(7,59-43)60-61-46)17-22-57-38(53)9-8-20-56-21-18-37(52)49-40(44(4,5)6)42(55)50-25-32(51)23-35(50)41(54)47-24-30-11-13-31(14-12-30)39-29(3)48-26-62-39/h11-14,26-28,32-36,40,43,51H,8-10,15-25H2,1-7H3,(H,47,54)(H,49,52)/t27-,28-,32-,33+,34+,35+,36-,40-,43-,45-,46-/m1/s1. The first kappa shape index (κ1) is 46.5. The molecule has 1 saturated carbocycles. The molecule has 1 aliphatic carbocycles. The summed E-state index contributed by atoms with van der Waals surface area (Å²) >= 11 is 1.57. The van der Waals surface area contributed by atoms with Crippen LogP contribution < -0.4 is 10.6 Å². The van der Waals surface area contributed by atoms with Crippen LogP contribution in [0.5, 0.6) is 0 Å². The molecule has 5 saturated heterocycles. The summed E-state index contributed by atoms with van der Waals surface area (Å²) in [6, 6.07) is 6.05. The molecular weight excluding hydrogens is 817 g/mol. The van der Waals surface area contributed by atoms with Crippen molar-refractivity contribution in [3.63, 3.8) is 0 Å². The molecule has 6 aliphatic rings. The monoisotopic (exact) mass is 882 g/mol. The minimum absolute atomic E-state index is 0.000731. The molecule has 6 fully saturated rings. The Bertz CT molecular complexity index is 1900. The number of esters is 1. The largest absolute Gasteiger partial charge is 0.466 e. The van der Waals surface area contributed by atoms with Crippen LogP contribution in [0.2, 0.25) is 0 Å². The van der Waals surface area contributed by atoms with E-state index in [2.05, 4.69) is 29.5 Å². The second-order valence-electron chi connectivity index (χ2n) is 19.4. The molecule has 1 spiro atoms. The molecule has 2 bridgehead atoms. The van der Waals surface area contributed by atoms with E-state index in [9.17, 15) is 24.3 Å². The van der Waals surface area contributed by atoms with Crippen molar-refractivity contribution in [1.29, 1.82) is 0 Å². The van der Waals surface area contributed by atoms with E-state index in [-0.39, 0.29) is 87.9 Å². The van der Waals surface area contributed by atoms with E-state index in [1.54, 1.807) is 11.3 Å². The maximum atomic E-state index is 14.0. The summed E-state index contributed by atoms with van der Waals surface area (Å²) in [6.45, 7) is 14.7. The van der Waals surface area contributed by atoms with Crippen LogP contribution in [0.1, 0.15) is 111 Å². The van der Waals surface area contributed by atoms with Gasteiger partial charge in [0.05, 0.1) is 41.5 Å². The summed E-state index contributed by atoms with van der Waals surface area (Å²) in [5.74, 6) is -1.17. The zero-order valence-electron chi connectivity index (χ0n) is 37.3. The molecular formula is C46H66N4O11S. The van der Waals surface area contributed by atoms with Crippen molar-refractivity contribution in [1.82, 2.24) is 20.5 Å². The summed E-state index contributed by atoms with van der Waals surface area (Å²) in [6.07, 6.45) is 3.57. The van der Waals surface area contributed by atoms with Gasteiger partial charge in [0.15, 0.2) is 11.9 Å². The van der Waals surface area contributed by atoms with Gasteiger partial charge in [-0.05, 0) is 73.8 Å². The Kier molecular flexibility index (Phi) is 14.5. The van der Waals surface area contributed by atoms with Crippen molar-refractivity contribution < 1.29 is 53.0 Å². The molecule has 0 unspecified atom stereocenters. The molecule has 62 heavy (non-hydrogen) atoms. The third kappa shape index (κ3) is 10.1. The van der Waals surface area contributed by atoms with E-state index in [1.807, 2.05) is 64.4 Å². The highest BCUT2D eigenvalue weighted by Gasteiger charge is 2.69. The predicted octanol–water partition coefficient (Wildman–Crippen LogP) is 5.60. The lowest BCUT2D eigenvalue weighted by molar-refractivity contribution is -0.571. The molecule has 3 N–H and O–H groups in total. The first-order chi connectivity index (χ1) is 29.5. The fourth-order valence-electron chi connectivity index (χ4n) is 10.3. The lowest BCUT2D eigenvalue weighted by atomic mass is 9.57. The van der Waals surface area contributed by atoms with E-state index < -0.39 is 47.2 Å².